The molecule has 4 rings (SSSR count). The Morgan fingerprint density at radius 1 is 1.03 bits per heavy atom. The van der Waals surface area contributed by atoms with Crippen LogP contribution in [0.1, 0.15) is 36.0 Å². The summed E-state index contributed by atoms with van der Waals surface area (Å²) in [5, 5.41) is 6.01. The van der Waals surface area contributed by atoms with Crippen LogP contribution in [0, 0.1) is 6.92 Å². The van der Waals surface area contributed by atoms with Crippen molar-refractivity contribution in [1.82, 2.24) is 0 Å². The SMILES string of the molecule is COC(=O)c1c(NC(=O)c2ccc3c(c2)OCO3)sc(C(=O)Nc2cccc(Cl)c2Cl)c1C. The molecule has 1 aliphatic rings. The van der Waals surface area contributed by atoms with Crippen molar-refractivity contribution >= 4 is 63.0 Å². The van der Waals surface area contributed by atoms with Crippen LogP contribution in [0.15, 0.2) is 36.4 Å². The molecule has 2 heterocycles. The predicted molar refractivity (Wildman–Crippen MR) is 125 cm³/mol. The number of halogens is 2. The van der Waals surface area contributed by atoms with Crippen LogP contribution in [0.3, 0.4) is 0 Å². The second-order valence-electron chi connectivity index (χ2n) is 6.83. The number of fused-ring (bicyclic) bond motifs is 1. The van der Waals surface area contributed by atoms with Gasteiger partial charge in [-0.3, -0.25) is 9.59 Å². The monoisotopic (exact) mass is 506 g/mol. The molecule has 1 aromatic heterocycles. The number of hydrogen-bond acceptors (Lipinski definition) is 7. The number of esters is 1. The Hall–Kier alpha value is -3.27. The van der Waals surface area contributed by atoms with Crippen LogP contribution in [0.5, 0.6) is 11.5 Å². The van der Waals surface area contributed by atoms with E-state index in [-0.39, 0.29) is 37.8 Å². The topological polar surface area (TPSA) is 103 Å². The molecule has 2 N–H and O–H groups in total. The summed E-state index contributed by atoms with van der Waals surface area (Å²) in [5.41, 5.74) is 1.03. The van der Waals surface area contributed by atoms with Crippen molar-refractivity contribution in [2.45, 2.75) is 6.92 Å². The van der Waals surface area contributed by atoms with E-state index < -0.39 is 17.8 Å². The molecule has 0 unspecified atom stereocenters. The van der Waals surface area contributed by atoms with E-state index in [9.17, 15) is 14.4 Å². The lowest BCUT2D eigenvalue weighted by Gasteiger charge is -2.07. The van der Waals surface area contributed by atoms with E-state index in [1.165, 1.54) is 13.2 Å². The van der Waals surface area contributed by atoms with Crippen LogP contribution in [0.4, 0.5) is 10.7 Å². The van der Waals surface area contributed by atoms with Gasteiger partial charge in [0.25, 0.3) is 11.8 Å². The molecule has 3 aromatic rings. The quantitative estimate of drug-likeness (QED) is 0.450. The molecule has 33 heavy (non-hydrogen) atoms. The highest BCUT2D eigenvalue weighted by molar-refractivity contribution is 7.19. The van der Waals surface area contributed by atoms with Gasteiger partial charge in [0.2, 0.25) is 6.79 Å². The van der Waals surface area contributed by atoms with Gasteiger partial charge in [-0.2, -0.15) is 0 Å². The number of nitrogens with one attached hydrogen (secondary N) is 2. The summed E-state index contributed by atoms with van der Waals surface area (Å²) < 4.78 is 15.4. The molecule has 11 heteroatoms. The maximum Gasteiger partial charge on any atom is 0.341 e. The van der Waals surface area contributed by atoms with Crippen molar-refractivity contribution in [3.63, 3.8) is 0 Å². The number of benzene rings is 2. The Bertz CT molecular complexity index is 1290. The van der Waals surface area contributed by atoms with E-state index in [0.717, 1.165) is 11.3 Å². The lowest BCUT2D eigenvalue weighted by Crippen LogP contribution is -2.14. The molecular weight excluding hydrogens is 491 g/mol. The zero-order valence-electron chi connectivity index (χ0n) is 17.3. The molecule has 0 saturated carbocycles. The van der Waals surface area contributed by atoms with E-state index in [0.29, 0.717) is 22.7 Å². The minimum Gasteiger partial charge on any atom is -0.465 e. The van der Waals surface area contributed by atoms with Gasteiger partial charge in [0.15, 0.2) is 11.5 Å². The predicted octanol–water partition coefficient (Wildman–Crippen LogP) is 5.38. The molecule has 170 valence electrons. The van der Waals surface area contributed by atoms with Crippen LogP contribution < -0.4 is 20.1 Å². The van der Waals surface area contributed by atoms with Crippen LogP contribution in [-0.4, -0.2) is 31.7 Å². The Labute approximate surface area is 202 Å². The van der Waals surface area contributed by atoms with Gasteiger partial charge in [-0.25, -0.2) is 4.79 Å². The molecule has 0 radical (unpaired) electrons. The van der Waals surface area contributed by atoms with Crippen molar-refractivity contribution in [2.24, 2.45) is 0 Å². The van der Waals surface area contributed by atoms with Gasteiger partial charge in [-0.05, 0) is 42.8 Å². The smallest absolute Gasteiger partial charge is 0.341 e. The summed E-state index contributed by atoms with van der Waals surface area (Å²) in [5.74, 6) is -0.728. The summed E-state index contributed by atoms with van der Waals surface area (Å²) in [6, 6.07) is 9.54. The molecule has 8 nitrogen and oxygen atoms in total. The fraction of sp³-hybridized carbons (Fsp3) is 0.136. The molecule has 2 amide bonds. The van der Waals surface area contributed by atoms with Gasteiger partial charge in [0, 0.05) is 5.56 Å². The number of amides is 2. The van der Waals surface area contributed by atoms with Crippen molar-refractivity contribution in [3.8, 4) is 11.5 Å². The first-order valence-electron chi connectivity index (χ1n) is 9.48. The maximum atomic E-state index is 13.0. The highest BCUT2D eigenvalue weighted by Crippen LogP contribution is 2.37. The van der Waals surface area contributed by atoms with Crippen molar-refractivity contribution in [1.29, 1.82) is 0 Å². The molecule has 1 aliphatic heterocycles. The molecule has 0 atom stereocenters. The first-order chi connectivity index (χ1) is 15.8. The first kappa shape index (κ1) is 22.9. The van der Waals surface area contributed by atoms with Crippen molar-refractivity contribution in [3.05, 3.63) is 68.0 Å². The van der Waals surface area contributed by atoms with E-state index in [4.69, 9.17) is 37.4 Å². The molecule has 0 bridgehead atoms. The number of hydrogen-bond donors (Lipinski definition) is 2. The summed E-state index contributed by atoms with van der Waals surface area (Å²) >= 11 is 13.1. The molecule has 2 aromatic carbocycles. The second-order valence-corrected chi connectivity index (χ2v) is 8.64. The zero-order chi connectivity index (χ0) is 23.7. The van der Waals surface area contributed by atoms with Crippen LogP contribution in [0.2, 0.25) is 10.0 Å². The van der Waals surface area contributed by atoms with Gasteiger partial charge in [-0.1, -0.05) is 29.3 Å². The summed E-state index contributed by atoms with van der Waals surface area (Å²) in [6.07, 6.45) is 0. The number of rotatable bonds is 5. The zero-order valence-corrected chi connectivity index (χ0v) is 19.6. The lowest BCUT2D eigenvalue weighted by molar-refractivity contribution is 0.0601. The normalized spacial score (nSPS) is 11.8. The number of anilines is 2. The molecule has 0 saturated heterocycles. The first-order valence-corrected chi connectivity index (χ1v) is 11.1. The third-order valence-corrected chi connectivity index (χ3v) is 6.83. The average Bonchev–Trinajstić information content (AvgIpc) is 3.40. The lowest BCUT2D eigenvalue weighted by atomic mass is 10.1. The Kier molecular flexibility index (Phi) is 6.46. The highest BCUT2D eigenvalue weighted by Gasteiger charge is 2.27. The summed E-state index contributed by atoms with van der Waals surface area (Å²) in [4.78, 5) is 38.5. The standard InChI is InChI=1S/C22H16Cl2N2O6S/c1-10-16(22(29)30-2)21(26-19(27)11-6-7-14-15(8-11)32-9-31-14)33-18(10)20(28)25-13-5-3-4-12(23)17(13)24/h3-8H,9H2,1-2H3,(H,25,28)(H,26,27). The van der Waals surface area contributed by atoms with E-state index in [1.807, 2.05) is 0 Å². The van der Waals surface area contributed by atoms with Crippen molar-refractivity contribution in [2.75, 3.05) is 24.5 Å². The number of carbonyl (C=O) groups is 3. The van der Waals surface area contributed by atoms with Gasteiger partial charge in [-0.15, -0.1) is 11.3 Å². The number of thiophene rings is 1. The number of methoxy groups -OCH3 is 1. The fourth-order valence-corrected chi connectivity index (χ4v) is 4.59. The van der Waals surface area contributed by atoms with E-state index in [2.05, 4.69) is 10.6 Å². The second kappa shape index (κ2) is 9.30. The van der Waals surface area contributed by atoms with Crippen LogP contribution in [0.25, 0.3) is 0 Å². The maximum absolute atomic E-state index is 13.0. The molecule has 0 aliphatic carbocycles. The van der Waals surface area contributed by atoms with Crippen LogP contribution >= 0.6 is 34.5 Å². The third-order valence-electron chi connectivity index (χ3n) is 4.80. The Balaban J connectivity index is 1.64. The highest BCUT2D eigenvalue weighted by atomic mass is 35.5. The van der Waals surface area contributed by atoms with Gasteiger partial charge in [0.05, 0.1) is 33.3 Å². The van der Waals surface area contributed by atoms with Crippen LogP contribution in [-0.2, 0) is 4.74 Å². The minimum absolute atomic E-state index is 0.0755. The Morgan fingerprint density at radius 3 is 2.55 bits per heavy atom. The minimum atomic E-state index is -0.690. The summed E-state index contributed by atoms with van der Waals surface area (Å²) in [6.45, 7) is 1.67. The van der Waals surface area contributed by atoms with E-state index >= 15 is 0 Å². The largest absolute Gasteiger partial charge is 0.465 e. The number of carbonyl (C=O) groups excluding carboxylic acids is 3. The molecule has 0 fully saturated rings. The number of ether oxygens (including phenoxy) is 3. The van der Waals surface area contributed by atoms with Crippen molar-refractivity contribution < 1.29 is 28.6 Å². The third kappa shape index (κ3) is 4.47. The Morgan fingerprint density at radius 2 is 1.79 bits per heavy atom. The van der Waals surface area contributed by atoms with Gasteiger partial charge >= 0.3 is 5.97 Å². The van der Waals surface area contributed by atoms with Gasteiger partial charge < -0.3 is 24.8 Å². The molecular formula is C22H16Cl2N2O6S. The fourth-order valence-electron chi connectivity index (χ4n) is 3.16. The van der Waals surface area contributed by atoms with Gasteiger partial charge in [0.1, 0.15) is 5.00 Å². The van der Waals surface area contributed by atoms with E-state index in [1.54, 1.807) is 37.3 Å². The molecule has 0 spiro atoms. The average molecular weight is 507 g/mol. The summed E-state index contributed by atoms with van der Waals surface area (Å²) in [7, 11) is 1.22.